The summed E-state index contributed by atoms with van der Waals surface area (Å²) in [6, 6.07) is 13.0. The number of rotatable bonds is 4. The Kier molecular flexibility index (Phi) is 4.16. The lowest BCUT2D eigenvalue weighted by molar-refractivity contribution is 0.275. The highest BCUT2D eigenvalue weighted by molar-refractivity contribution is 5.33. The lowest BCUT2D eigenvalue weighted by atomic mass is 9.82. The Bertz CT molecular complexity index is 526. The van der Waals surface area contributed by atoms with E-state index in [1.807, 2.05) is 12.3 Å². The van der Waals surface area contributed by atoms with Crippen molar-refractivity contribution in [2.24, 2.45) is 5.92 Å². The standard InChI is InChI=1S/C17H23N3/c1-18-17(14-8-4-2-5-9-14)16-12-13-19-20(16)15-10-6-3-7-11-15/h3,6-7,10-14,17-18H,2,4-5,8-9H2,1H3. The molecule has 2 aromatic rings. The van der Waals surface area contributed by atoms with Gasteiger partial charge in [-0.25, -0.2) is 4.68 Å². The molecule has 1 atom stereocenters. The van der Waals surface area contributed by atoms with E-state index in [0.717, 1.165) is 11.6 Å². The molecule has 0 spiro atoms. The molecule has 3 nitrogen and oxygen atoms in total. The molecule has 0 radical (unpaired) electrons. The van der Waals surface area contributed by atoms with E-state index in [1.54, 1.807) is 0 Å². The van der Waals surface area contributed by atoms with Crippen LogP contribution in [0, 0.1) is 5.92 Å². The van der Waals surface area contributed by atoms with E-state index in [0.29, 0.717) is 6.04 Å². The van der Waals surface area contributed by atoms with Crippen LogP contribution in [0.15, 0.2) is 42.6 Å². The number of nitrogens with one attached hydrogen (secondary N) is 1. The molecule has 1 heterocycles. The zero-order valence-corrected chi connectivity index (χ0v) is 12.1. The van der Waals surface area contributed by atoms with E-state index in [2.05, 4.69) is 52.5 Å². The van der Waals surface area contributed by atoms with Gasteiger partial charge in [0.1, 0.15) is 0 Å². The van der Waals surface area contributed by atoms with Gasteiger partial charge in [0, 0.05) is 6.20 Å². The minimum absolute atomic E-state index is 0.401. The van der Waals surface area contributed by atoms with Crippen LogP contribution < -0.4 is 5.32 Å². The third kappa shape index (κ3) is 2.63. The fourth-order valence-electron chi connectivity index (χ4n) is 3.43. The van der Waals surface area contributed by atoms with E-state index in [1.165, 1.54) is 37.8 Å². The molecule has 1 fully saturated rings. The molecule has 1 aromatic heterocycles. The summed E-state index contributed by atoms with van der Waals surface area (Å²) in [5.41, 5.74) is 2.43. The van der Waals surface area contributed by atoms with Crippen molar-refractivity contribution >= 4 is 0 Å². The Hall–Kier alpha value is -1.61. The topological polar surface area (TPSA) is 29.9 Å². The second-order valence-corrected chi connectivity index (χ2v) is 5.67. The Labute approximate surface area is 121 Å². The molecule has 1 saturated carbocycles. The number of aromatic nitrogens is 2. The first-order valence-electron chi connectivity index (χ1n) is 7.67. The SMILES string of the molecule is CNC(c1ccnn1-c1ccccc1)C1CCCCC1. The monoisotopic (exact) mass is 269 g/mol. The molecule has 20 heavy (non-hydrogen) atoms. The predicted octanol–water partition coefficient (Wildman–Crippen LogP) is 3.71. The average molecular weight is 269 g/mol. The predicted molar refractivity (Wildman–Crippen MR) is 81.9 cm³/mol. The van der Waals surface area contributed by atoms with Crippen LogP contribution in [0.5, 0.6) is 0 Å². The molecule has 3 rings (SSSR count). The molecular formula is C17H23N3. The first kappa shape index (κ1) is 13.4. The van der Waals surface area contributed by atoms with Crippen LogP contribution in [0.3, 0.4) is 0 Å². The van der Waals surface area contributed by atoms with Crippen LogP contribution in [0.25, 0.3) is 5.69 Å². The van der Waals surface area contributed by atoms with E-state index < -0.39 is 0 Å². The summed E-state index contributed by atoms with van der Waals surface area (Å²) in [6.45, 7) is 0. The van der Waals surface area contributed by atoms with Crippen molar-refractivity contribution in [1.82, 2.24) is 15.1 Å². The van der Waals surface area contributed by atoms with Crippen molar-refractivity contribution in [2.75, 3.05) is 7.05 Å². The van der Waals surface area contributed by atoms with E-state index >= 15 is 0 Å². The largest absolute Gasteiger partial charge is 0.311 e. The first-order chi connectivity index (χ1) is 9.90. The minimum atomic E-state index is 0.401. The molecule has 0 aliphatic heterocycles. The average Bonchev–Trinajstić information content (AvgIpc) is 2.99. The van der Waals surface area contributed by atoms with Crippen molar-refractivity contribution in [2.45, 2.75) is 38.1 Å². The maximum absolute atomic E-state index is 4.53. The molecule has 1 aliphatic carbocycles. The van der Waals surface area contributed by atoms with Crippen molar-refractivity contribution in [3.8, 4) is 5.69 Å². The molecule has 106 valence electrons. The second-order valence-electron chi connectivity index (χ2n) is 5.67. The van der Waals surface area contributed by atoms with Crippen LogP contribution in [-0.4, -0.2) is 16.8 Å². The van der Waals surface area contributed by atoms with Gasteiger partial charge in [0.15, 0.2) is 0 Å². The van der Waals surface area contributed by atoms with Gasteiger partial charge >= 0.3 is 0 Å². The Balaban J connectivity index is 1.91. The van der Waals surface area contributed by atoms with E-state index in [9.17, 15) is 0 Å². The highest BCUT2D eigenvalue weighted by Gasteiger charge is 2.26. The highest BCUT2D eigenvalue weighted by atomic mass is 15.3. The first-order valence-corrected chi connectivity index (χ1v) is 7.67. The Morgan fingerprint density at radius 1 is 1.10 bits per heavy atom. The maximum atomic E-state index is 4.53. The summed E-state index contributed by atoms with van der Waals surface area (Å²) >= 11 is 0. The molecule has 3 heteroatoms. The summed E-state index contributed by atoms with van der Waals surface area (Å²) < 4.78 is 2.08. The van der Waals surface area contributed by atoms with E-state index in [-0.39, 0.29) is 0 Å². The molecule has 1 unspecified atom stereocenters. The second kappa shape index (κ2) is 6.23. The van der Waals surface area contributed by atoms with Gasteiger partial charge < -0.3 is 5.32 Å². The normalized spacial score (nSPS) is 18.1. The zero-order chi connectivity index (χ0) is 13.8. The van der Waals surface area contributed by atoms with Crippen molar-refractivity contribution in [3.63, 3.8) is 0 Å². The molecular weight excluding hydrogens is 246 g/mol. The van der Waals surface area contributed by atoms with Gasteiger partial charge in [0.05, 0.1) is 17.4 Å². The summed E-state index contributed by atoms with van der Waals surface area (Å²) in [7, 11) is 2.07. The van der Waals surface area contributed by atoms with Crippen LogP contribution in [0.2, 0.25) is 0 Å². The summed E-state index contributed by atoms with van der Waals surface area (Å²) in [6.07, 6.45) is 8.68. The summed E-state index contributed by atoms with van der Waals surface area (Å²) in [5.74, 6) is 0.730. The number of benzene rings is 1. The molecule has 1 aliphatic rings. The smallest absolute Gasteiger partial charge is 0.0649 e. The number of hydrogen-bond donors (Lipinski definition) is 1. The van der Waals surface area contributed by atoms with E-state index in [4.69, 9.17) is 0 Å². The zero-order valence-electron chi connectivity index (χ0n) is 12.1. The van der Waals surface area contributed by atoms with Gasteiger partial charge in [0.25, 0.3) is 0 Å². The van der Waals surface area contributed by atoms with Gasteiger partial charge in [-0.05, 0) is 44.0 Å². The third-order valence-electron chi connectivity index (χ3n) is 4.42. The molecule has 1 aromatic carbocycles. The molecule has 0 saturated heterocycles. The fraction of sp³-hybridized carbons (Fsp3) is 0.471. The van der Waals surface area contributed by atoms with Gasteiger partial charge in [-0.2, -0.15) is 5.10 Å². The number of nitrogens with zero attached hydrogens (tertiary/aromatic N) is 2. The third-order valence-corrected chi connectivity index (χ3v) is 4.42. The van der Waals surface area contributed by atoms with Crippen LogP contribution >= 0.6 is 0 Å². The van der Waals surface area contributed by atoms with Crippen molar-refractivity contribution in [3.05, 3.63) is 48.3 Å². The highest BCUT2D eigenvalue weighted by Crippen LogP contribution is 2.34. The summed E-state index contributed by atoms with van der Waals surface area (Å²) in [5, 5.41) is 8.05. The number of hydrogen-bond acceptors (Lipinski definition) is 2. The quantitative estimate of drug-likeness (QED) is 0.917. The van der Waals surface area contributed by atoms with Gasteiger partial charge in [0.2, 0.25) is 0 Å². The lowest BCUT2D eigenvalue weighted by Crippen LogP contribution is -2.29. The maximum Gasteiger partial charge on any atom is 0.0649 e. The summed E-state index contributed by atoms with van der Waals surface area (Å²) in [4.78, 5) is 0. The Morgan fingerprint density at radius 3 is 2.55 bits per heavy atom. The fourth-order valence-corrected chi connectivity index (χ4v) is 3.43. The molecule has 0 bridgehead atoms. The van der Waals surface area contributed by atoms with Crippen LogP contribution in [-0.2, 0) is 0 Å². The lowest BCUT2D eigenvalue weighted by Gasteiger charge is -2.30. The van der Waals surface area contributed by atoms with Crippen molar-refractivity contribution in [1.29, 1.82) is 0 Å². The van der Waals surface area contributed by atoms with Gasteiger partial charge in [-0.15, -0.1) is 0 Å². The minimum Gasteiger partial charge on any atom is -0.311 e. The molecule has 1 N–H and O–H groups in total. The van der Waals surface area contributed by atoms with Gasteiger partial charge in [-0.1, -0.05) is 37.5 Å². The molecule has 0 amide bonds. The Morgan fingerprint density at radius 2 is 1.85 bits per heavy atom. The van der Waals surface area contributed by atoms with Crippen LogP contribution in [0.1, 0.15) is 43.8 Å². The van der Waals surface area contributed by atoms with Crippen molar-refractivity contribution < 1.29 is 0 Å². The number of para-hydroxylation sites is 1. The van der Waals surface area contributed by atoms with Crippen LogP contribution in [0.4, 0.5) is 0 Å². The van der Waals surface area contributed by atoms with Gasteiger partial charge in [-0.3, -0.25) is 0 Å².